The summed E-state index contributed by atoms with van der Waals surface area (Å²) in [5, 5.41) is 19.9. The number of amides is 1. The van der Waals surface area contributed by atoms with Crippen molar-refractivity contribution in [3.8, 4) is 17.2 Å². The Morgan fingerprint density at radius 3 is 2.43 bits per heavy atom. The molecule has 51 heavy (non-hydrogen) atoms. The first kappa shape index (κ1) is 36.1. The molecule has 4 aromatic carbocycles. The van der Waals surface area contributed by atoms with Crippen molar-refractivity contribution in [3.05, 3.63) is 140 Å². The van der Waals surface area contributed by atoms with E-state index in [9.17, 15) is 10.3 Å². The number of azide groups is 2. The first-order valence-electron chi connectivity index (χ1n) is 16.3. The number of carbonyl (C=O) groups is 1. The van der Waals surface area contributed by atoms with Crippen molar-refractivity contribution >= 4 is 17.5 Å². The summed E-state index contributed by atoms with van der Waals surface area (Å²) in [6, 6.07) is 27.0. The second-order valence-corrected chi connectivity index (χ2v) is 11.6. The van der Waals surface area contributed by atoms with Crippen LogP contribution in [0.3, 0.4) is 0 Å². The lowest BCUT2D eigenvalue weighted by atomic mass is 9.80. The second-order valence-electron chi connectivity index (χ2n) is 11.6. The monoisotopic (exact) mass is 690 g/mol. The van der Waals surface area contributed by atoms with E-state index in [1.54, 1.807) is 62.8 Å². The van der Waals surface area contributed by atoms with E-state index in [1.807, 2.05) is 42.5 Å². The summed E-state index contributed by atoms with van der Waals surface area (Å²) < 4.78 is 23.2. The molecule has 2 N–H and O–H groups in total. The molecular formula is C37H38N8O6. The van der Waals surface area contributed by atoms with Gasteiger partial charge in [0.05, 0.1) is 27.4 Å². The first-order chi connectivity index (χ1) is 25.0. The van der Waals surface area contributed by atoms with Gasteiger partial charge in [0.25, 0.3) is 5.91 Å². The Morgan fingerprint density at radius 1 is 0.961 bits per heavy atom. The number of hydrogen-bond donors (Lipinski definition) is 2. The third kappa shape index (κ3) is 8.52. The lowest BCUT2D eigenvalue weighted by Gasteiger charge is -2.32. The molecule has 1 aliphatic rings. The largest absolute Gasteiger partial charge is 0.494 e. The van der Waals surface area contributed by atoms with Crippen LogP contribution in [0.1, 0.15) is 40.3 Å². The van der Waals surface area contributed by atoms with Crippen molar-refractivity contribution in [2.45, 2.75) is 37.5 Å². The van der Waals surface area contributed by atoms with Crippen LogP contribution in [-0.2, 0) is 28.9 Å². The lowest BCUT2D eigenvalue weighted by molar-refractivity contribution is -0.128. The van der Waals surface area contributed by atoms with Gasteiger partial charge in [-0.1, -0.05) is 64.8 Å². The number of rotatable bonds is 17. The fourth-order valence-corrected chi connectivity index (χ4v) is 5.90. The maximum Gasteiger partial charge on any atom is 0.252 e. The van der Waals surface area contributed by atoms with Crippen molar-refractivity contribution in [3.63, 3.8) is 0 Å². The maximum atomic E-state index is 14.8. The summed E-state index contributed by atoms with van der Waals surface area (Å²) in [4.78, 5) is 25.8. The normalized spacial score (nSPS) is 16.1. The average molecular weight is 691 g/mol. The van der Waals surface area contributed by atoms with E-state index in [4.69, 9.17) is 34.6 Å². The number of nitrogens with zero attached hydrogens (tertiary/aromatic N) is 7. The Hall–Kier alpha value is -6.20. The third-order valence-corrected chi connectivity index (χ3v) is 8.43. The predicted molar refractivity (Wildman–Crippen MR) is 191 cm³/mol. The van der Waals surface area contributed by atoms with Crippen molar-refractivity contribution in [2.75, 3.05) is 34.0 Å². The minimum atomic E-state index is -1.60. The van der Waals surface area contributed by atoms with Crippen LogP contribution in [0.2, 0.25) is 0 Å². The molecule has 14 nitrogen and oxygen atoms in total. The third-order valence-electron chi connectivity index (χ3n) is 8.43. The molecule has 4 aromatic rings. The second kappa shape index (κ2) is 17.5. The van der Waals surface area contributed by atoms with E-state index in [0.29, 0.717) is 53.5 Å². The zero-order valence-electron chi connectivity index (χ0n) is 28.3. The number of nitrogens with one attached hydrogen (secondary N) is 1. The molecule has 0 aliphatic carbocycles. The van der Waals surface area contributed by atoms with Crippen LogP contribution in [0.5, 0.6) is 17.2 Å². The van der Waals surface area contributed by atoms with Gasteiger partial charge in [-0.2, -0.15) is 0 Å². The number of benzene rings is 4. The molecule has 1 heterocycles. The van der Waals surface area contributed by atoms with E-state index in [0.717, 1.165) is 16.7 Å². The zero-order valence-corrected chi connectivity index (χ0v) is 28.3. The van der Waals surface area contributed by atoms with E-state index in [-0.39, 0.29) is 32.0 Å². The SMILES string of the molecule is COc1ccc(CCNC(=O)[C@]2(Cc3ccccc3CN=[N+]=[N-])N=C(c3ccc(OCCCO)cc3)O[C@@H]2c2ccccc2N=[N+]=[N-])cc1OC. The lowest BCUT2D eigenvalue weighted by Crippen LogP contribution is -2.50. The molecule has 0 spiro atoms. The molecule has 262 valence electrons. The molecule has 2 atom stereocenters. The molecule has 0 unspecified atom stereocenters. The Labute approximate surface area is 294 Å². The summed E-state index contributed by atoms with van der Waals surface area (Å²) in [5.41, 5.74) is 20.7. The van der Waals surface area contributed by atoms with Gasteiger partial charge in [-0.05, 0) is 70.6 Å². The average Bonchev–Trinajstić information content (AvgIpc) is 3.55. The topological polar surface area (TPSA) is 196 Å². The predicted octanol–water partition coefficient (Wildman–Crippen LogP) is 7.08. The summed E-state index contributed by atoms with van der Waals surface area (Å²) in [7, 11) is 3.13. The summed E-state index contributed by atoms with van der Waals surface area (Å²) in [5.74, 6) is 1.57. The number of hydrogen-bond acceptors (Lipinski definition) is 9. The van der Waals surface area contributed by atoms with Crippen LogP contribution < -0.4 is 19.5 Å². The molecule has 14 heteroatoms. The van der Waals surface area contributed by atoms with Crippen LogP contribution >= 0.6 is 0 Å². The minimum Gasteiger partial charge on any atom is -0.494 e. The molecule has 0 aromatic heterocycles. The van der Waals surface area contributed by atoms with Gasteiger partial charge in [0, 0.05) is 52.6 Å². The summed E-state index contributed by atoms with van der Waals surface area (Å²) in [6.07, 6.45) is 0.00985. The molecule has 0 bridgehead atoms. The van der Waals surface area contributed by atoms with Crippen molar-refractivity contribution < 1.29 is 28.8 Å². The van der Waals surface area contributed by atoms with E-state index in [2.05, 4.69) is 25.4 Å². The van der Waals surface area contributed by atoms with Gasteiger partial charge in [0.2, 0.25) is 5.90 Å². The van der Waals surface area contributed by atoms with Gasteiger partial charge < -0.3 is 29.4 Å². The number of aliphatic imine (C=N–C) groups is 1. The van der Waals surface area contributed by atoms with E-state index >= 15 is 0 Å². The van der Waals surface area contributed by atoms with Crippen LogP contribution in [0.4, 0.5) is 5.69 Å². The van der Waals surface area contributed by atoms with E-state index in [1.165, 1.54) is 0 Å². The number of aliphatic hydroxyl groups is 1. The smallest absolute Gasteiger partial charge is 0.252 e. The van der Waals surface area contributed by atoms with Crippen molar-refractivity contribution in [1.82, 2.24) is 5.32 Å². The Kier molecular flexibility index (Phi) is 12.4. The van der Waals surface area contributed by atoms with Crippen molar-refractivity contribution in [2.24, 2.45) is 15.2 Å². The highest BCUT2D eigenvalue weighted by molar-refractivity contribution is 6.01. The molecular weight excluding hydrogens is 652 g/mol. The van der Waals surface area contributed by atoms with Crippen LogP contribution in [0.15, 0.2) is 106 Å². The fraction of sp³-hybridized carbons (Fsp3) is 0.297. The summed E-state index contributed by atoms with van der Waals surface area (Å²) in [6.45, 7) is 0.698. The quantitative estimate of drug-likeness (QED) is 0.0514. The Bertz CT molecular complexity index is 1960. The number of ether oxygens (including phenoxy) is 4. The number of carbonyl (C=O) groups excluding carboxylic acids is 1. The molecule has 1 amide bonds. The molecule has 0 radical (unpaired) electrons. The van der Waals surface area contributed by atoms with Crippen LogP contribution in [0, 0.1) is 0 Å². The van der Waals surface area contributed by atoms with Crippen molar-refractivity contribution in [1.29, 1.82) is 0 Å². The first-order valence-corrected chi connectivity index (χ1v) is 16.3. The van der Waals surface area contributed by atoms with Crippen LogP contribution in [0.25, 0.3) is 20.9 Å². The standard InChI is InChI=1S/C37H38N8O6/c1-48-32-17-12-25(22-33(32)49-2)18-19-40-36(47)37(23-27-8-3-4-9-28(27)24-41-44-38)34(30-10-5-6-11-31(30)43-45-39)51-35(42-37)26-13-15-29(16-14-26)50-21-7-20-46/h3-6,8-17,22,34,46H,7,18-21,23-24H2,1-2H3,(H,40,47)/t34-,37-/m1/s1. The molecule has 5 rings (SSSR count). The molecule has 0 fully saturated rings. The highest BCUT2D eigenvalue weighted by Crippen LogP contribution is 2.45. The molecule has 0 saturated carbocycles. The van der Waals surface area contributed by atoms with Gasteiger partial charge in [0.1, 0.15) is 5.75 Å². The zero-order chi connectivity index (χ0) is 36.1. The van der Waals surface area contributed by atoms with Gasteiger partial charge in [-0.25, -0.2) is 4.99 Å². The van der Waals surface area contributed by atoms with Gasteiger partial charge in [0.15, 0.2) is 23.1 Å². The number of methoxy groups -OCH3 is 2. The highest BCUT2D eigenvalue weighted by atomic mass is 16.5. The molecule has 1 aliphatic heterocycles. The fourth-order valence-electron chi connectivity index (χ4n) is 5.90. The minimum absolute atomic E-state index is 0.0197. The Morgan fingerprint density at radius 2 is 1.71 bits per heavy atom. The van der Waals surface area contributed by atoms with Gasteiger partial charge >= 0.3 is 0 Å². The highest BCUT2D eigenvalue weighted by Gasteiger charge is 2.54. The summed E-state index contributed by atoms with van der Waals surface area (Å²) >= 11 is 0. The van der Waals surface area contributed by atoms with Gasteiger partial charge in [-0.15, -0.1) is 0 Å². The van der Waals surface area contributed by atoms with E-state index < -0.39 is 17.6 Å². The van der Waals surface area contributed by atoms with Crippen LogP contribution in [-0.4, -0.2) is 56.4 Å². The molecule has 0 saturated heterocycles. The van der Waals surface area contributed by atoms with Gasteiger partial charge in [-0.3, -0.25) is 4.79 Å². The maximum absolute atomic E-state index is 14.8. The Balaban J connectivity index is 1.59. The number of aliphatic hydroxyl groups excluding tert-OH is 1.